The summed E-state index contributed by atoms with van der Waals surface area (Å²) in [7, 11) is 0. The van der Waals surface area contributed by atoms with Gasteiger partial charge in [0.15, 0.2) is 11.7 Å². The van der Waals surface area contributed by atoms with Crippen molar-refractivity contribution in [2.75, 3.05) is 0 Å². The van der Waals surface area contributed by atoms with E-state index in [1.54, 1.807) is 36.4 Å². The molecule has 0 fully saturated rings. The van der Waals surface area contributed by atoms with Gasteiger partial charge < -0.3 is 26.6 Å². The highest BCUT2D eigenvalue weighted by Gasteiger charge is 2.09. The molecular formula is C16H18N4O3. The van der Waals surface area contributed by atoms with Gasteiger partial charge in [0.1, 0.15) is 11.5 Å². The molecule has 0 atom stereocenters. The van der Waals surface area contributed by atoms with Crippen LogP contribution in [0.15, 0.2) is 46.7 Å². The molecule has 2 rings (SSSR count). The highest BCUT2D eigenvalue weighted by Crippen LogP contribution is 2.28. The van der Waals surface area contributed by atoms with Crippen LogP contribution in [0.5, 0.6) is 11.5 Å². The van der Waals surface area contributed by atoms with Crippen molar-refractivity contribution in [1.29, 1.82) is 0 Å². The molecule has 7 nitrogen and oxygen atoms in total. The standard InChI is InChI=1S/C16H18N4O3/c1-9-7-11(15(17)19-21)3-5-13(9)23-14-6-4-12(8-10(14)2)16(18)20-22/h3-8,21-22H,1-2H3,(H2,17,19)(H2,18,20). The van der Waals surface area contributed by atoms with Crippen LogP contribution >= 0.6 is 0 Å². The molecule has 0 radical (unpaired) electrons. The van der Waals surface area contributed by atoms with Gasteiger partial charge in [0.25, 0.3) is 0 Å². The van der Waals surface area contributed by atoms with Crippen LogP contribution in [0, 0.1) is 13.8 Å². The Labute approximate surface area is 133 Å². The number of hydrogen-bond donors (Lipinski definition) is 4. The van der Waals surface area contributed by atoms with E-state index >= 15 is 0 Å². The van der Waals surface area contributed by atoms with Gasteiger partial charge in [0.05, 0.1) is 0 Å². The van der Waals surface area contributed by atoms with E-state index in [0.29, 0.717) is 22.6 Å². The van der Waals surface area contributed by atoms with Gasteiger partial charge in [-0.25, -0.2) is 0 Å². The molecule has 2 aromatic carbocycles. The molecule has 0 heterocycles. The second-order valence-corrected chi connectivity index (χ2v) is 5.03. The first-order chi connectivity index (χ1) is 11.0. The fourth-order valence-electron chi connectivity index (χ4n) is 2.08. The lowest BCUT2D eigenvalue weighted by atomic mass is 10.1. The van der Waals surface area contributed by atoms with Gasteiger partial charge in [-0.3, -0.25) is 0 Å². The third-order valence-corrected chi connectivity index (χ3v) is 3.38. The Bertz CT molecular complexity index is 719. The number of rotatable bonds is 4. The molecule has 0 saturated heterocycles. The van der Waals surface area contributed by atoms with E-state index in [4.69, 9.17) is 26.6 Å². The number of oxime groups is 2. The van der Waals surface area contributed by atoms with Crippen LogP contribution in [0.2, 0.25) is 0 Å². The van der Waals surface area contributed by atoms with Crippen molar-refractivity contribution in [2.24, 2.45) is 21.8 Å². The second-order valence-electron chi connectivity index (χ2n) is 5.03. The van der Waals surface area contributed by atoms with Gasteiger partial charge >= 0.3 is 0 Å². The fourth-order valence-corrected chi connectivity index (χ4v) is 2.08. The summed E-state index contributed by atoms with van der Waals surface area (Å²) >= 11 is 0. The molecule has 6 N–H and O–H groups in total. The maximum atomic E-state index is 8.71. The minimum atomic E-state index is 0.0407. The Morgan fingerprint density at radius 1 is 0.826 bits per heavy atom. The molecule has 120 valence electrons. The maximum Gasteiger partial charge on any atom is 0.170 e. The first-order valence-corrected chi connectivity index (χ1v) is 6.81. The van der Waals surface area contributed by atoms with E-state index in [9.17, 15) is 0 Å². The largest absolute Gasteiger partial charge is 0.457 e. The van der Waals surface area contributed by atoms with Crippen LogP contribution < -0.4 is 16.2 Å². The Kier molecular flexibility index (Phi) is 4.70. The average Bonchev–Trinajstić information content (AvgIpc) is 2.56. The van der Waals surface area contributed by atoms with Gasteiger partial charge in [-0.05, 0) is 61.4 Å². The van der Waals surface area contributed by atoms with Gasteiger partial charge in [-0.1, -0.05) is 10.3 Å². The maximum absolute atomic E-state index is 8.71. The van der Waals surface area contributed by atoms with Crippen LogP contribution in [0.4, 0.5) is 0 Å². The summed E-state index contributed by atoms with van der Waals surface area (Å²) < 4.78 is 5.89. The summed E-state index contributed by atoms with van der Waals surface area (Å²) in [5, 5.41) is 23.4. The summed E-state index contributed by atoms with van der Waals surface area (Å²) in [5.41, 5.74) is 14.0. The fraction of sp³-hybridized carbons (Fsp3) is 0.125. The molecule has 7 heteroatoms. The molecule has 0 saturated carbocycles. The van der Waals surface area contributed by atoms with Crippen molar-refractivity contribution in [1.82, 2.24) is 0 Å². The van der Waals surface area contributed by atoms with Crippen LogP contribution in [0.3, 0.4) is 0 Å². The summed E-state index contributed by atoms with van der Waals surface area (Å²) in [6, 6.07) is 10.4. The van der Waals surface area contributed by atoms with Crippen LogP contribution in [0.25, 0.3) is 0 Å². The monoisotopic (exact) mass is 314 g/mol. The van der Waals surface area contributed by atoms with Crippen molar-refractivity contribution in [3.8, 4) is 11.5 Å². The molecule has 0 unspecified atom stereocenters. The number of aryl methyl sites for hydroxylation is 2. The third kappa shape index (κ3) is 3.52. The van der Waals surface area contributed by atoms with Crippen molar-refractivity contribution in [3.63, 3.8) is 0 Å². The van der Waals surface area contributed by atoms with Crippen molar-refractivity contribution < 1.29 is 15.2 Å². The second kappa shape index (κ2) is 6.69. The molecule has 0 aromatic heterocycles. The summed E-state index contributed by atoms with van der Waals surface area (Å²) in [5.74, 6) is 1.39. The Morgan fingerprint density at radius 3 is 1.52 bits per heavy atom. The summed E-state index contributed by atoms with van der Waals surface area (Å²) in [4.78, 5) is 0. The Morgan fingerprint density at radius 2 is 1.22 bits per heavy atom. The SMILES string of the molecule is Cc1cc(/C(N)=N/O)ccc1Oc1ccc(/C(N)=N/O)cc1C. The topological polar surface area (TPSA) is 126 Å². The first-order valence-electron chi connectivity index (χ1n) is 6.81. The van der Waals surface area contributed by atoms with Gasteiger partial charge in [-0.2, -0.15) is 0 Å². The number of nitrogens with two attached hydrogens (primary N) is 2. The summed E-state index contributed by atoms with van der Waals surface area (Å²) in [6.07, 6.45) is 0. The highest BCUT2D eigenvalue weighted by molar-refractivity contribution is 5.97. The van der Waals surface area contributed by atoms with E-state index in [1.165, 1.54) is 0 Å². The number of benzene rings is 2. The molecule has 0 aliphatic heterocycles. The zero-order valence-corrected chi connectivity index (χ0v) is 12.8. The lowest BCUT2D eigenvalue weighted by Gasteiger charge is -2.13. The predicted octanol–water partition coefficient (Wildman–Crippen LogP) is 2.28. The Hall–Kier alpha value is -3.22. The predicted molar refractivity (Wildman–Crippen MR) is 87.5 cm³/mol. The quantitative estimate of drug-likeness (QED) is 0.298. The number of ether oxygens (including phenoxy) is 1. The van der Waals surface area contributed by atoms with Gasteiger partial charge in [-0.15, -0.1) is 0 Å². The minimum absolute atomic E-state index is 0.0407. The molecule has 0 spiro atoms. The Balaban J connectivity index is 2.29. The van der Waals surface area contributed by atoms with Crippen molar-refractivity contribution >= 4 is 11.7 Å². The zero-order chi connectivity index (χ0) is 17.0. The van der Waals surface area contributed by atoms with Crippen LogP contribution in [0.1, 0.15) is 22.3 Å². The molecule has 0 bridgehead atoms. The third-order valence-electron chi connectivity index (χ3n) is 3.38. The highest BCUT2D eigenvalue weighted by atomic mass is 16.5. The lowest BCUT2D eigenvalue weighted by Crippen LogP contribution is -2.13. The molecule has 23 heavy (non-hydrogen) atoms. The molecule has 2 aromatic rings. The van der Waals surface area contributed by atoms with E-state index in [1.807, 2.05) is 13.8 Å². The average molecular weight is 314 g/mol. The van der Waals surface area contributed by atoms with Gasteiger partial charge in [0.2, 0.25) is 0 Å². The molecule has 0 amide bonds. The van der Waals surface area contributed by atoms with Crippen LogP contribution in [-0.2, 0) is 0 Å². The zero-order valence-electron chi connectivity index (χ0n) is 12.8. The number of hydrogen-bond acceptors (Lipinski definition) is 5. The van der Waals surface area contributed by atoms with Crippen LogP contribution in [-0.4, -0.2) is 22.1 Å². The smallest absolute Gasteiger partial charge is 0.170 e. The number of amidine groups is 2. The summed E-state index contributed by atoms with van der Waals surface area (Å²) in [6.45, 7) is 3.73. The number of nitrogens with zero attached hydrogens (tertiary/aromatic N) is 2. The van der Waals surface area contributed by atoms with Gasteiger partial charge in [0, 0.05) is 11.1 Å². The van der Waals surface area contributed by atoms with Crippen molar-refractivity contribution in [3.05, 3.63) is 58.7 Å². The van der Waals surface area contributed by atoms with E-state index in [2.05, 4.69) is 10.3 Å². The van der Waals surface area contributed by atoms with Crippen molar-refractivity contribution in [2.45, 2.75) is 13.8 Å². The lowest BCUT2D eigenvalue weighted by molar-refractivity contribution is 0.318. The van der Waals surface area contributed by atoms with E-state index in [-0.39, 0.29) is 11.7 Å². The first kappa shape index (κ1) is 16.2. The normalized spacial score (nSPS) is 12.3. The van der Waals surface area contributed by atoms with E-state index < -0.39 is 0 Å². The van der Waals surface area contributed by atoms with E-state index in [0.717, 1.165) is 11.1 Å². The minimum Gasteiger partial charge on any atom is -0.457 e. The molecular weight excluding hydrogens is 296 g/mol. The molecule has 0 aliphatic carbocycles. The molecule has 0 aliphatic rings.